The predicted molar refractivity (Wildman–Crippen MR) is 102 cm³/mol. The van der Waals surface area contributed by atoms with Crippen molar-refractivity contribution in [3.05, 3.63) is 17.8 Å². The fourth-order valence-corrected chi connectivity index (χ4v) is 6.36. The zero-order chi connectivity index (χ0) is 18.0. The van der Waals surface area contributed by atoms with Crippen molar-refractivity contribution in [3.63, 3.8) is 0 Å². The molecule has 1 atom stereocenters. The van der Waals surface area contributed by atoms with Crippen molar-refractivity contribution >= 4 is 49.1 Å². The lowest BCUT2D eigenvalue weighted by Gasteiger charge is -2.29. The number of thioether (sulfide) groups is 1. The maximum Gasteiger partial charge on any atom is 0.233 e. The van der Waals surface area contributed by atoms with E-state index in [9.17, 15) is 13.2 Å². The summed E-state index contributed by atoms with van der Waals surface area (Å²) < 4.78 is 23.6. The van der Waals surface area contributed by atoms with Gasteiger partial charge in [-0.25, -0.2) is 18.4 Å². The first-order valence-corrected chi connectivity index (χ1v) is 11.9. The van der Waals surface area contributed by atoms with Gasteiger partial charge in [0.05, 0.1) is 17.3 Å². The minimum absolute atomic E-state index is 0.0252. The van der Waals surface area contributed by atoms with Crippen LogP contribution in [0.1, 0.15) is 20.3 Å². The van der Waals surface area contributed by atoms with Gasteiger partial charge in [-0.1, -0.05) is 25.6 Å². The number of sulfone groups is 1. The molecule has 3 heterocycles. The van der Waals surface area contributed by atoms with Gasteiger partial charge in [0, 0.05) is 18.0 Å². The van der Waals surface area contributed by atoms with Crippen LogP contribution in [0.4, 0.5) is 0 Å². The van der Waals surface area contributed by atoms with E-state index in [1.165, 1.54) is 18.1 Å². The number of fused-ring (bicyclic) bond motifs is 1. The zero-order valence-corrected chi connectivity index (χ0v) is 16.7. The smallest absolute Gasteiger partial charge is 0.233 e. The molecule has 0 N–H and O–H groups in total. The molecule has 0 saturated carbocycles. The minimum atomic E-state index is -3.02. The standard InChI is InChI=1S/C16H21N3O3S3/c1-11(2)7-19(12-4-6-25(21,22)9-12)14(20)8-24-16-13-3-5-23-15(13)17-10-18-16/h3,5,10-12H,4,6-9H2,1-2H3/t12-/m1/s1. The Balaban J connectivity index is 1.71. The average molecular weight is 400 g/mol. The number of carbonyl (C=O) groups is 1. The van der Waals surface area contributed by atoms with E-state index in [1.54, 1.807) is 16.2 Å². The van der Waals surface area contributed by atoms with Crippen LogP contribution >= 0.6 is 23.1 Å². The summed E-state index contributed by atoms with van der Waals surface area (Å²) in [6.45, 7) is 4.66. The van der Waals surface area contributed by atoms with Crippen molar-refractivity contribution in [1.82, 2.24) is 14.9 Å². The summed E-state index contributed by atoms with van der Waals surface area (Å²) in [5.74, 6) is 0.778. The van der Waals surface area contributed by atoms with Gasteiger partial charge in [-0.15, -0.1) is 11.3 Å². The van der Waals surface area contributed by atoms with Gasteiger partial charge in [0.25, 0.3) is 0 Å². The summed E-state index contributed by atoms with van der Waals surface area (Å²) in [5, 5.41) is 3.71. The van der Waals surface area contributed by atoms with Crippen molar-refractivity contribution in [1.29, 1.82) is 0 Å². The Bertz CT molecular complexity index is 864. The topological polar surface area (TPSA) is 80.2 Å². The lowest BCUT2D eigenvalue weighted by atomic mass is 10.1. The fourth-order valence-electron chi connectivity index (χ4n) is 2.96. The van der Waals surface area contributed by atoms with Crippen molar-refractivity contribution < 1.29 is 13.2 Å². The quantitative estimate of drug-likeness (QED) is 0.548. The molecule has 0 aliphatic carbocycles. The molecule has 0 unspecified atom stereocenters. The molecule has 6 nitrogen and oxygen atoms in total. The van der Waals surface area contributed by atoms with Gasteiger partial charge in [-0.05, 0) is 23.8 Å². The summed E-state index contributed by atoms with van der Waals surface area (Å²) in [6, 6.07) is 1.76. The van der Waals surface area contributed by atoms with Crippen LogP contribution in [0.2, 0.25) is 0 Å². The lowest BCUT2D eigenvalue weighted by Crippen LogP contribution is -2.44. The molecule has 1 aliphatic rings. The van der Waals surface area contributed by atoms with Gasteiger partial charge in [0.15, 0.2) is 9.84 Å². The first-order chi connectivity index (χ1) is 11.9. The molecule has 0 radical (unpaired) electrons. The number of hydrogen-bond donors (Lipinski definition) is 0. The van der Waals surface area contributed by atoms with Crippen molar-refractivity contribution in [2.45, 2.75) is 31.3 Å². The Hall–Kier alpha value is -1.19. The van der Waals surface area contributed by atoms with E-state index >= 15 is 0 Å². The summed E-state index contributed by atoms with van der Waals surface area (Å²) in [7, 11) is -3.02. The monoisotopic (exact) mass is 399 g/mol. The molecule has 1 saturated heterocycles. The summed E-state index contributed by atoms with van der Waals surface area (Å²) in [6.07, 6.45) is 2.05. The Labute approximate surface area is 156 Å². The summed E-state index contributed by atoms with van der Waals surface area (Å²) >= 11 is 2.94. The largest absolute Gasteiger partial charge is 0.338 e. The van der Waals surface area contributed by atoms with Crippen LogP contribution in [-0.2, 0) is 14.6 Å². The van der Waals surface area contributed by atoms with Crippen molar-refractivity contribution in [2.75, 3.05) is 23.8 Å². The lowest BCUT2D eigenvalue weighted by molar-refractivity contribution is -0.130. The van der Waals surface area contributed by atoms with Crippen LogP contribution < -0.4 is 0 Å². The number of nitrogens with zero attached hydrogens (tertiary/aromatic N) is 3. The molecule has 0 aromatic carbocycles. The van der Waals surface area contributed by atoms with Gasteiger partial charge in [-0.3, -0.25) is 4.79 Å². The summed E-state index contributed by atoms with van der Waals surface area (Å²) in [4.78, 5) is 24.0. The molecule has 1 aliphatic heterocycles. The normalized spacial score (nSPS) is 19.6. The third kappa shape index (κ3) is 4.51. The van der Waals surface area contributed by atoms with Crippen LogP contribution in [0.3, 0.4) is 0 Å². The molecule has 3 rings (SSSR count). The van der Waals surface area contributed by atoms with Gasteiger partial charge in [0.1, 0.15) is 16.2 Å². The number of thiophene rings is 1. The number of rotatable bonds is 6. The van der Waals surface area contributed by atoms with Crippen LogP contribution in [0.15, 0.2) is 22.8 Å². The van der Waals surface area contributed by atoms with E-state index in [4.69, 9.17) is 0 Å². The zero-order valence-electron chi connectivity index (χ0n) is 14.2. The number of aromatic nitrogens is 2. The molecular formula is C16H21N3O3S3. The summed E-state index contributed by atoms with van der Waals surface area (Å²) in [5.41, 5.74) is 0. The highest BCUT2D eigenvalue weighted by atomic mass is 32.2. The van der Waals surface area contributed by atoms with E-state index in [0.717, 1.165) is 15.2 Å². The first-order valence-electron chi connectivity index (χ1n) is 8.16. The number of hydrogen-bond acceptors (Lipinski definition) is 7. The second-order valence-corrected chi connectivity index (χ2v) is 10.7. The van der Waals surface area contributed by atoms with Crippen LogP contribution in [0.5, 0.6) is 0 Å². The Kier molecular flexibility index (Phi) is 5.65. The Morgan fingerprint density at radius 1 is 1.44 bits per heavy atom. The van der Waals surface area contributed by atoms with Gasteiger partial charge >= 0.3 is 0 Å². The molecule has 2 aromatic rings. The van der Waals surface area contributed by atoms with Gasteiger partial charge < -0.3 is 4.90 Å². The van der Waals surface area contributed by atoms with Crippen molar-refractivity contribution in [2.24, 2.45) is 5.92 Å². The molecule has 2 aromatic heterocycles. The van der Waals surface area contributed by atoms with E-state index in [0.29, 0.717) is 18.9 Å². The molecule has 0 spiro atoms. The first kappa shape index (κ1) is 18.6. The van der Waals surface area contributed by atoms with E-state index in [1.807, 2.05) is 25.3 Å². The number of carbonyl (C=O) groups excluding carboxylic acids is 1. The maximum absolute atomic E-state index is 12.8. The van der Waals surface area contributed by atoms with E-state index < -0.39 is 9.84 Å². The molecule has 9 heteroatoms. The van der Waals surface area contributed by atoms with E-state index in [2.05, 4.69) is 9.97 Å². The van der Waals surface area contributed by atoms with Gasteiger partial charge in [-0.2, -0.15) is 0 Å². The SMILES string of the molecule is CC(C)CN(C(=O)CSc1ncnc2sccc12)[C@@H]1CCS(=O)(=O)C1. The van der Waals surface area contributed by atoms with Gasteiger partial charge in [0.2, 0.25) is 5.91 Å². The molecular weight excluding hydrogens is 378 g/mol. The molecule has 25 heavy (non-hydrogen) atoms. The minimum Gasteiger partial charge on any atom is -0.338 e. The third-order valence-corrected chi connectivity index (χ3v) is 7.65. The Morgan fingerprint density at radius 3 is 2.92 bits per heavy atom. The molecule has 1 fully saturated rings. The Morgan fingerprint density at radius 2 is 2.24 bits per heavy atom. The second kappa shape index (κ2) is 7.59. The molecule has 0 bridgehead atoms. The third-order valence-electron chi connectivity index (χ3n) is 4.09. The van der Waals surface area contributed by atoms with Crippen LogP contribution in [0.25, 0.3) is 10.2 Å². The highest BCUT2D eigenvalue weighted by Gasteiger charge is 2.34. The maximum atomic E-state index is 12.8. The highest BCUT2D eigenvalue weighted by molar-refractivity contribution is 8.00. The molecule has 1 amide bonds. The van der Waals surface area contributed by atoms with Crippen LogP contribution in [0, 0.1) is 5.92 Å². The average Bonchev–Trinajstić information content (AvgIpc) is 3.16. The predicted octanol–water partition coefficient (Wildman–Crippen LogP) is 2.46. The highest BCUT2D eigenvalue weighted by Crippen LogP contribution is 2.28. The van der Waals surface area contributed by atoms with E-state index in [-0.39, 0.29) is 29.2 Å². The second-order valence-electron chi connectivity index (χ2n) is 6.60. The van der Waals surface area contributed by atoms with Crippen molar-refractivity contribution in [3.8, 4) is 0 Å². The fraction of sp³-hybridized carbons (Fsp3) is 0.562. The molecule has 136 valence electrons. The van der Waals surface area contributed by atoms with Crippen LogP contribution in [-0.4, -0.2) is 59.0 Å². The number of amides is 1.